The molecule has 0 heterocycles. The summed E-state index contributed by atoms with van der Waals surface area (Å²) in [6.45, 7) is 4.15. The van der Waals surface area contributed by atoms with Gasteiger partial charge in [0, 0.05) is 5.56 Å². The molecule has 0 aromatic heterocycles. The third-order valence-corrected chi connectivity index (χ3v) is 8.07. The molecule has 37 heavy (non-hydrogen) atoms. The van der Waals surface area contributed by atoms with Crippen LogP contribution in [0.2, 0.25) is 0 Å². The Balaban J connectivity index is 1.35. The lowest BCUT2D eigenvalue weighted by Crippen LogP contribution is -2.16. The third kappa shape index (κ3) is 6.45. The molecule has 1 aliphatic rings. The Bertz CT molecular complexity index is 1170. The minimum Gasteiger partial charge on any atom is -0.203 e. The van der Waals surface area contributed by atoms with Crippen LogP contribution in [0.1, 0.15) is 93.4 Å². The lowest BCUT2D eigenvalue weighted by Gasteiger charge is -2.29. The van der Waals surface area contributed by atoms with E-state index in [4.69, 9.17) is 0 Å². The van der Waals surface area contributed by atoms with Gasteiger partial charge < -0.3 is 0 Å². The van der Waals surface area contributed by atoms with Gasteiger partial charge in [0.2, 0.25) is 0 Å². The summed E-state index contributed by atoms with van der Waals surface area (Å²) in [6, 6.07) is 14.6. The molecular formula is C33H38F4. The van der Waals surface area contributed by atoms with Crippen LogP contribution in [0.25, 0.3) is 11.1 Å². The molecule has 1 saturated carbocycles. The molecule has 0 amide bonds. The molecule has 1 aliphatic carbocycles. The first kappa shape index (κ1) is 27.4. The highest BCUT2D eigenvalue weighted by Gasteiger charge is 2.27. The van der Waals surface area contributed by atoms with Crippen LogP contribution < -0.4 is 0 Å². The third-order valence-electron chi connectivity index (χ3n) is 8.07. The molecule has 0 aliphatic heterocycles. The summed E-state index contributed by atoms with van der Waals surface area (Å²) in [7, 11) is 0. The van der Waals surface area contributed by atoms with E-state index in [0.717, 1.165) is 57.8 Å². The average Bonchev–Trinajstić information content (AvgIpc) is 2.92. The molecule has 198 valence electrons. The zero-order chi connectivity index (χ0) is 26.4. The van der Waals surface area contributed by atoms with Crippen molar-refractivity contribution in [3.05, 3.63) is 94.1 Å². The van der Waals surface area contributed by atoms with E-state index in [1.807, 2.05) is 31.2 Å². The second kappa shape index (κ2) is 12.8. The van der Waals surface area contributed by atoms with Crippen molar-refractivity contribution in [1.82, 2.24) is 0 Å². The van der Waals surface area contributed by atoms with E-state index < -0.39 is 23.3 Å². The number of rotatable bonds is 10. The van der Waals surface area contributed by atoms with E-state index in [1.165, 1.54) is 5.56 Å². The summed E-state index contributed by atoms with van der Waals surface area (Å²) in [5.41, 5.74) is 3.53. The highest BCUT2D eigenvalue weighted by atomic mass is 19.2. The minimum absolute atomic E-state index is 0.0150. The predicted octanol–water partition coefficient (Wildman–Crippen LogP) is 10.1. The Morgan fingerprint density at radius 1 is 0.622 bits per heavy atom. The van der Waals surface area contributed by atoms with Crippen LogP contribution in [-0.4, -0.2) is 0 Å². The number of halogens is 4. The summed E-state index contributed by atoms with van der Waals surface area (Å²) in [6.07, 6.45) is 8.96. The molecule has 0 saturated heterocycles. The fourth-order valence-corrected chi connectivity index (χ4v) is 5.75. The smallest absolute Gasteiger partial charge is 0.166 e. The van der Waals surface area contributed by atoms with Gasteiger partial charge in [-0.3, -0.25) is 0 Å². The highest BCUT2D eigenvalue weighted by Crippen LogP contribution is 2.40. The van der Waals surface area contributed by atoms with Crippen LogP contribution in [0.15, 0.2) is 48.5 Å². The number of hydrogen-bond donors (Lipinski definition) is 0. The van der Waals surface area contributed by atoms with Crippen molar-refractivity contribution in [3.8, 4) is 11.1 Å². The molecule has 0 nitrogen and oxygen atoms in total. The van der Waals surface area contributed by atoms with E-state index in [0.29, 0.717) is 46.6 Å². The van der Waals surface area contributed by atoms with Crippen LogP contribution in [0.5, 0.6) is 0 Å². The molecule has 3 aromatic rings. The zero-order valence-corrected chi connectivity index (χ0v) is 22.1. The summed E-state index contributed by atoms with van der Waals surface area (Å²) in [5, 5.41) is 0. The fourth-order valence-electron chi connectivity index (χ4n) is 5.75. The fraction of sp³-hybridized carbons (Fsp3) is 0.455. The van der Waals surface area contributed by atoms with Crippen molar-refractivity contribution < 1.29 is 17.6 Å². The summed E-state index contributed by atoms with van der Waals surface area (Å²) in [5.74, 6) is -2.56. The second-order valence-electron chi connectivity index (χ2n) is 10.6. The Morgan fingerprint density at radius 2 is 1.27 bits per heavy atom. The lowest BCUT2D eigenvalue weighted by molar-refractivity contribution is 0.303. The lowest BCUT2D eigenvalue weighted by atomic mass is 9.76. The Labute approximate surface area is 219 Å². The molecule has 0 spiro atoms. The SMILES string of the molecule is CCCCc1ccc(CCC2CCC(c3ccc(-c4ccc(CCC)cc4)c(F)c3F)CC2)c(F)c1F. The van der Waals surface area contributed by atoms with E-state index in [1.54, 1.807) is 24.3 Å². The van der Waals surface area contributed by atoms with Gasteiger partial charge in [-0.15, -0.1) is 0 Å². The summed E-state index contributed by atoms with van der Waals surface area (Å²) >= 11 is 0. The Morgan fingerprint density at radius 3 is 1.89 bits per heavy atom. The molecule has 4 rings (SSSR count). The summed E-state index contributed by atoms with van der Waals surface area (Å²) < 4.78 is 59.2. The normalized spacial score (nSPS) is 17.8. The molecule has 0 unspecified atom stereocenters. The Hall–Kier alpha value is -2.62. The largest absolute Gasteiger partial charge is 0.203 e. The van der Waals surface area contributed by atoms with Gasteiger partial charge in [-0.2, -0.15) is 0 Å². The van der Waals surface area contributed by atoms with Crippen molar-refractivity contribution in [2.75, 3.05) is 0 Å². The minimum atomic E-state index is -0.775. The molecule has 4 heteroatoms. The van der Waals surface area contributed by atoms with Crippen LogP contribution in [0.4, 0.5) is 17.6 Å². The molecule has 0 bridgehead atoms. The van der Waals surface area contributed by atoms with Gasteiger partial charge in [0.1, 0.15) is 0 Å². The molecular weight excluding hydrogens is 472 g/mol. The van der Waals surface area contributed by atoms with Crippen molar-refractivity contribution in [2.45, 2.75) is 90.4 Å². The van der Waals surface area contributed by atoms with Gasteiger partial charge in [-0.05, 0) is 97.4 Å². The van der Waals surface area contributed by atoms with Gasteiger partial charge >= 0.3 is 0 Å². The summed E-state index contributed by atoms with van der Waals surface area (Å²) in [4.78, 5) is 0. The first-order chi connectivity index (χ1) is 17.9. The molecule has 0 N–H and O–H groups in total. The van der Waals surface area contributed by atoms with E-state index in [-0.39, 0.29) is 5.92 Å². The predicted molar refractivity (Wildman–Crippen MR) is 144 cm³/mol. The highest BCUT2D eigenvalue weighted by molar-refractivity contribution is 5.65. The van der Waals surface area contributed by atoms with Gasteiger partial charge in [0.25, 0.3) is 0 Å². The maximum Gasteiger partial charge on any atom is 0.166 e. The number of aryl methyl sites for hydroxylation is 3. The van der Waals surface area contributed by atoms with Gasteiger partial charge in [-0.25, -0.2) is 17.6 Å². The average molecular weight is 511 g/mol. The Kier molecular flexibility index (Phi) is 9.45. The maximum atomic E-state index is 15.1. The van der Waals surface area contributed by atoms with Crippen LogP contribution in [0, 0.1) is 29.2 Å². The van der Waals surface area contributed by atoms with Gasteiger partial charge in [0.05, 0.1) is 0 Å². The first-order valence-corrected chi connectivity index (χ1v) is 14.0. The first-order valence-electron chi connectivity index (χ1n) is 14.0. The monoisotopic (exact) mass is 510 g/mol. The maximum absolute atomic E-state index is 15.1. The number of hydrogen-bond acceptors (Lipinski definition) is 0. The number of benzene rings is 3. The van der Waals surface area contributed by atoms with Gasteiger partial charge in [-0.1, -0.05) is 75.2 Å². The van der Waals surface area contributed by atoms with Crippen molar-refractivity contribution in [3.63, 3.8) is 0 Å². The molecule has 3 aromatic carbocycles. The van der Waals surface area contributed by atoms with E-state index >= 15 is 8.78 Å². The standard InChI is InChI=1S/C33H38F4/c1-3-5-7-26-18-19-27(31(35)30(26)34)17-12-23-10-15-25(16-11-23)29-21-20-28(32(36)33(29)37)24-13-8-22(6-4-2)9-14-24/h8-9,13-14,18-21,23,25H,3-7,10-12,15-17H2,1-2H3. The zero-order valence-electron chi connectivity index (χ0n) is 22.1. The topological polar surface area (TPSA) is 0 Å². The van der Waals surface area contributed by atoms with Crippen molar-refractivity contribution in [2.24, 2.45) is 5.92 Å². The van der Waals surface area contributed by atoms with Crippen LogP contribution >= 0.6 is 0 Å². The molecule has 0 atom stereocenters. The van der Waals surface area contributed by atoms with E-state index in [2.05, 4.69) is 6.92 Å². The van der Waals surface area contributed by atoms with Crippen molar-refractivity contribution in [1.29, 1.82) is 0 Å². The molecule has 0 radical (unpaired) electrons. The molecule has 1 fully saturated rings. The second-order valence-corrected chi connectivity index (χ2v) is 10.6. The van der Waals surface area contributed by atoms with Crippen LogP contribution in [0.3, 0.4) is 0 Å². The van der Waals surface area contributed by atoms with E-state index in [9.17, 15) is 8.78 Å². The number of unbranched alkanes of at least 4 members (excludes halogenated alkanes) is 1. The van der Waals surface area contributed by atoms with Crippen LogP contribution in [-0.2, 0) is 19.3 Å². The van der Waals surface area contributed by atoms with Crippen molar-refractivity contribution >= 4 is 0 Å². The van der Waals surface area contributed by atoms with Gasteiger partial charge in [0.15, 0.2) is 23.3 Å². The quantitative estimate of drug-likeness (QED) is 0.238.